The Bertz CT molecular complexity index is 1170. The first-order valence-electron chi connectivity index (χ1n) is 10.8. The topological polar surface area (TPSA) is 95.9 Å². The van der Waals surface area contributed by atoms with Crippen molar-refractivity contribution in [1.82, 2.24) is 9.79 Å². The minimum absolute atomic E-state index is 0.00844. The number of ether oxygens (including phenoxy) is 1. The first-order chi connectivity index (χ1) is 16.3. The third kappa shape index (κ3) is 6.57. The molecule has 1 atom stereocenters. The van der Waals surface area contributed by atoms with Gasteiger partial charge in [0, 0.05) is 11.6 Å². The zero-order chi connectivity index (χ0) is 24.6. The molecule has 0 aliphatic heterocycles. The highest BCUT2D eigenvalue weighted by Gasteiger charge is 2.36. The molecule has 0 aromatic heterocycles. The second kappa shape index (κ2) is 12.0. The quantitative estimate of drug-likeness (QED) is 0.298. The number of sulfonamides is 1. The fourth-order valence-electron chi connectivity index (χ4n) is 3.43. The van der Waals surface area contributed by atoms with Crippen LogP contribution >= 0.6 is 11.6 Å². The Labute approximate surface area is 204 Å². The maximum atomic E-state index is 13.8. The van der Waals surface area contributed by atoms with Gasteiger partial charge in [-0.1, -0.05) is 61.0 Å². The molecular formula is C25H27ClN2O5S. The van der Waals surface area contributed by atoms with Crippen molar-refractivity contribution >= 4 is 27.5 Å². The number of carbonyl (C=O) groups is 1. The van der Waals surface area contributed by atoms with E-state index >= 15 is 0 Å². The molecule has 0 saturated heterocycles. The summed E-state index contributed by atoms with van der Waals surface area (Å²) in [6.07, 6.45) is 0.893. The maximum Gasteiger partial charge on any atom is 0.262 e. The van der Waals surface area contributed by atoms with E-state index in [0.717, 1.165) is 16.3 Å². The first kappa shape index (κ1) is 25.7. The highest BCUT2D eigenvalue weighted by molar-refractivity contribution is 7.89. The molecule has 0 aliphatic carbocycles. The number of nitrogens with zero attached hydrogens (tertiary/aromatic N) is 1. The number of hydrogen-bond acceptors (Lipinski definition) is 5. The number of hydrogen-bond donors (Lipinski definition) is 2. The number of halogens is 1. The molecule has 1 unspecified atom stereocenters. The van der Waals surface area contributed by atoms with Crippen LogP contribution in [0.2, 0.25) is 5.02 Å². The van der Waals surface area contributed by atoms with Crippen molar-refractivity contribution < 1.29 is 23.2 Å². The Hall–Kier alpha value is -2.91. The van der Waals surface area contributed by atoms with Gasteiger partial charge in [0.1, 0.15) is 11.8 Å². The van der Waals surface area contributed by atoms with Crippen LogP contribution in [0.5, 0.6) is 5.75 Å². The van der Waals surface area contributed by atoms with E-state index < -0.39 is 22.0 Å². The summed E-state index contributed by atoms with van der Waals surface area (Å²) in [6.45, 7) is 2.40. The highest BCUT2D eigenvalue weighted by atomic mass is 35.5. The van der Waals surface area contributed by atoms with Crippen LogP contribution in [0.1, 0.15) is 24.5 Å². The molecule has 0 saturated carbocycles. The van der Waals surface area contributed by atoms with E-state index in [1.54, 1.807) is 66.1 Å². The van der Waals surface area contributed by atoms with Gasteiger partial charge in [-0.25, -0.2) is 13.9 Å². The molecule has 7 nitrogen and oxygen atoms in total. The van der Waals surface area contributed by atoms with Crippen LogP contribution in [0, 0.1) is 0 Å². The van der Waals surface area contributed by atoms with Crippen LogP contribution in [0.15, 0.2) is 83.8 Å². The van der Waals surface area contributed by atoms with Crippen LogP contribution in [0.4, 0.5) is 0 Å². The monoisotopic (exact) mass is 502 g/mol. The smallest absolute Gasteiger partial charge is 0.262 e. The van der Waals surface area contributed by atoms with Crippen LogP contribution < -0.4 is 10.2 Å². The molecule has 1 amide bonds. The van der Waals surface area contributed by atoms with Crippen molar-refractivity contribution in [2.45, 2.75) is 37.2 Å². The fraction of sp³-hybridized carbons (Fsp3) is 0.240. The van der Waals surface area contributed by atoms with Crippen molar-refractivity contribution in [2.75, 3.05) is 6.61 Å². The van der Waals surface area contributed by atoms with E-state index in [2.05, 4.69) is 0 Å². The van der Waals surface area contributed by atoms with E-state index in [1.165, 1.54) is 12.1 Å². The molecule has 2 N–H and O–H groups in total. The average Bonchev–Trinajstić information content (AvgIpc) is 2.86. The zero-order valence-corrected chi connectivity index (χ0v) is 20.3. The van der Waals surface area contributed by atoms with Crippen LogP contribution in [-0.2, 0) is 27.8 Å². The SMILES string of the molecule is CCCOc1ccc(S(=O)(=O)N(Cc2ccc(Cl)cc2)C(Cc2ccccc2)C(=O)NO)cc1. The zero-order valence-electron chi connectivity index (χ0n) is 18.7. The summed E-state index contributed by atoms with van der Waals surface area (Å²) in [5.41, 5.74) is 3.01. The van der Waals surface area contributed by atoms with Gasteiger partial charge in [0.15, 0.2) is 0 Å². The predicted molar refractivity (Wildman–Crippen MR) is 130 cm³/mol. The summed E-state index contributed by atoms with van der Waals surface area (Å²) in [4.78, 5) is 12.8. The lowest BCUT2D eigenvalue weighted by molar-refractivity contribution is -0.133. The van der Waals surface area contributed by atoms with Crippen molar-refractivity contribution in [3.63, 3.8) is 0 Å². The number of carbonyl (C=O) groups excluding carboxylic acids is 1. The molecule has 3 aromatic carbocycles. The first-order valence-corrected chi connectivity index (χ1v) is 12.6. The molecule has 0 aliphatic rings. The second-order valence-electron chi connectivity index (χ2n) is 7.68. The maximum absolute atomic E-state index is 13.8. The van der Waals surface area contributed by atoms with Crippen molar-refractivity contribution in [3.05, 3.63) is 95.0 Å². The van der Waals surface area contributed by atoms with Crippen molar-refractivity contribution in [3.8, 4) is 5.75 Å². The minimum atomic E-state index is -4.15. The van der Waals surface area contributed by atoms with E-state index in [1.807, 2.05) is 13.0 Å². The van der Waals surface area contributed by atoms with Crippen LogP contribution in [-0.4, -0.2) is 36.5 Å². The second-order valence-corrected chi connectivity index (χ2v) is 10.0. The number of benzene rings is 3. The number of nitrogens with one attached hydrogen (secondary N) is 1. The van der Waals surface area contributed by atoms with Crippen molar-refractivity contribution in [1.29, 1.82) is 0 Å². The lowest BCUT2D eigenvalue weighted by Crippen LogP contribution is -2.49. The number of rotatable bonds is 11. The Morgan fingerprint density at radius 2 is 1.65 bits per heavy atom. The summed E-state index contributed by atoms with van der Waals surface area (Å²) >= 11 is 5.99. The highest BCUT2D eigenvalue weighted by Crippen LogP contribution is 2.26. The molecule has 3 aromatic rings. The molecule has 3 rings (SSSR count). The Morgan fingerprint density at radius 3 is 2.24 bits per heavy atom. The summed E-state index contributed by atoms with van der Waals surface area (Å²) in [5.74, 6) is -0.275. The Kier molecular flexibility index (Phi) is 9.06. The summed E-state index contributed by atoms with van der Waals surface area (Å²) < 4.78 is 34.2. The van der Waals surface area contributed by atoms with Gasteiger partial charge >= 0.3 is 0 Å². The van der Waals surface area contributed by atoms with Crippen molar-refractivity contribution in [2.24, 2.45) is 0 Å². The third-order valence-corrected chi connectivity index (χ3v) is 7.31. The van der Waals surface area contributed by atoms with Gasteiger partial charge in [-0.15, -0.1) is 0 Å². The van der Waals surface area contributed by atoms with Gasteiger partial charge in [0.25, 0.3) is 5.91 Å². The molecule has 9 heteroatoms. The summed E-state index contributed by atoms with van der Waals surface area (Å²) in [7, 11) is -4.15. The van der Waals surface area contributed by atoms with E-state index in [0.29, 0.717) is 22.9 Å². The largest absolute Gasteiger partial charge is 0.494 e. The molecule has 0 bridgehead atoms. The molecule has 0 radical (unpaired) electrons. The molecule has 180 valence electrons. The standard InChI is InChI=1S/C25H27ClN2O5S/c1-2-16-33-22-12-14-23(15-13-22)34(31,32)28(18-20-8-10-21(26)11-9-20)24(25(29)27-30)17-19-6-4-3-5-7-19/h3-15,24,30H,2,16-18H2,1H3,(H,27,29). The lowest BCUT2D eigenvalue weighted by atomic mass is 10.0. The molecule has 34 heavy (non-hydrogen) atoms. The fourth-order valence-corrected chi connectivity index (χ4v) is 5.13. The number of hydroxylamine groups is 1. The van der Waals surface area contributed by atoms with E-state index in [4.69, 9.17) is 16.3 Å². The molecule has 0 heterocycles. The minimum Gasteiger partial charge on any atom is -0.494 e. The Balaban J connectivity index is 2.03. The normalized spacial score (nSPS) is 12.4. The van der Waals surface area contributed by atoms with Gasteiger partial charge in [0.05, 0.1) is 11.5 Å². The van der Waals surface area contributed by atoms with E-state index in [-0.39, 0.29) is 17.9 Å². The molecule has 0 fully saturated rings. The van der Waals surface area contributed by atoms with E-state index in [9.17, 15) is 18.4 Å². The molecular weight excluding hydrogens is 476 g/mol. The lowest BCUT2D eigenvalue weighted by Gasteiger charge is -2.30. The predicted octanol–water partition coefficient (Wildman–Crippen LogP) is 4.44. The van der Waals surface area contributed by atoms with Gasteiger partial charge in [-0.05, 0) is 60.4 Å². The number of amides is 1. The van der Waals surface area contributed by atoms with Gasteiger partial charge in [-0.2, -0.15) is 4.31 Å². The average molecular weight is 503 g/mol. The van der Waals surface area contributed by atoms with Gasteiger partial charge < -0.3 is 4.74 Å². The third-order valence-electron chi connectivity index (χ3n) is 5.19. The molecule has 0 spiro atoms. The van der Waals surface area contributed by atoms with Crippen LogP contribution in [0.25, 0.3) is 0 Å². The van der Waals surface area contributed by atoms with Crippen LogP contribution in [0.3, 0.4) is 0 Å². The summed E-state index contributed by atoms with van der Waals surface area (Å²) in [6, 6.07) is 20.6. The van der Waals surface area contributed by atoms with Gasteiger partial charge in [0.2, 0.25) is 10.0 Å². The Morgan fingerprint density at radius 1 is 1.00 bits per heavy atom. The van der Waals surface area contributed by atoms with Gasteiger partial charge in [-0.3, -0.25) is 10.0 Å². The summed E-state index contributed by atoms with van der Waals surface area (Å²) in [5, 5.41) is 9.94.